The molecule has 0 aliphatic heterocycles. The highest BCUT2D eigenvalue weighted by atomic mass is 35.5. The molecule has 17 heavy (non-hydrogen) atoms. The van der Waals surface area contributed by atoms with Crippen LogP contribution < -0.4 is 10.5 Å². The molecule has 0 heterocycles. The molecule has 0 spiro atoms. The lowest BCUT2D eigenvalue weighted by Gasteiger charge is -2.15. The molecule has 0 aliphatic rings. The molecule has 4 nitrogen and oxygen atoms in total. The van der Waals surface area contributed by atoms with Gasteiger partial charge in [-0.3, -0.25) is 0 Å². The minimum Gasteiger partial charge on any atom is -0.495 e. The van der Waals surface area contributed by atoms with E-state index in [-0.39, 0.29) is 17.4 Å². The van der Waals surface area contributed by atoms with E-state index in [0.717, 1.165) is 0 Å². The molecule has 0 aromatic heterocycles. The number of esters is 1. The van der Waals surface area contributed by atoms with E-state index >= 15 is 0 Å². The highest BCUT2D eigenvalue weighted by Gasteiger charge is 2.21. The van der Waals surface area contributed by atoms with Crippen molar-refractivity contribution < 1.29 is 14.3 Å². The molecule has 1 rings (SSSR count). The summed E-state index contributed by atoms with van der Waals surface area (Å²) in [5.74, 6) is -0.118. The maximum absolute atomic E-state index is 11.9. The molecule has 0 bridgehead atoms. The first-order chi connectivity index (χ1) is 7.88. The standard InChI is InChI=1S/C12H16ClNO3/c1-6(2)17-12(15)10-7(3)8(13)5-9(16-4)11(10)14/h5-6H,14H2,1-4H3. The van der Waals surface area contributed by atoms with E-state index in [1.165, 1.54) is 7.11 Å². The summed E-state index contributed by atoms with van der Waals surface area (Å²) in [5.41, 5.74) is 6.97. The quantitative estimate of drug-likeness (QED) is 0.668. The van der Waals surface area contributed by atoms with Crippen LogP contribution in [-0.2, 0) is 4.74 Å². The van der Waals surface area contributed by atoms with E-state index < -0.39 is 5.97 Å². The van der Waals surface area contributed by atoms with Crippen molar-refractivity contribution in [2.75, 3.05) is 12.8 Å². The molecule has 0 atom stereocenters. The van der Waals surface area contributed by atoms with Crippen LogP contribution >= 0.6 is 11.6 Å². The zero-order valence-electron chi connectivity index (χ0n) is 10.3. The van der Waals surface area contributed by atoms with Gasteiger partial charge in [0.15, 0.2) is 0 Å². The Balaban J connectivity index is 3.30. The number of hydrogen-bond acceptors (Lipinski definition) is 4. The number of carbonyl (C=O) groups excluding carboxylic acids is 1. The van der Waals surface area contributed by atoms with Crippen LogP contribution in [0, 0.1) is 6.92 Å². The molecule has 2 N–H and O–H groups in total. The summed E-state index contributed by atoms with van der Waals surface area (Å²) in [6, 6.07) is 1.58. The van der Waals surface area contributed by atoms with Crippen molar-refractivity contribution in [3.05, 3.63) is 22.2 Å². The second-order valence-corrected chi connectivity index (χ2v) is 4.34. The van der Waals surface area contributed by atoms with Crippen LogP contribution in [0.4, 0.5) is 5.69 Å². The zero-order chi connectivity index (χ0) is 13.2. The minimum absolute atomic E-state index is 0.216. The van der Waals surface area contributed by atoms with Crippen LogP contribution in [0.15, 0.2) is 6.07 Å². The Labute approximate surface area is 106 Å². The van der Waals surface area contributed by atoms with Gasteiger partial charge in [0.2, 0.25) is 0 Å². The van der Waals surface area contributed by atoms with Crippen LogP contribution in [0.5, 0.6) is 5.75 Å². The average Bonchev–Trinajstić information content (AvgIpc) is 2.22. The van der Waals surface area contributed by atoms with E-state index in [4.69, 9.17) is 26.8 Å². The van der Waals surface area contributed by atoms with Gasteiger partial charge in [0.05, 0.1) is 24.5 Å². The molecule has 0 unspecified atom stereocenters. The summed E-state index contributed by atoms with van der Waals surface area (Å²) in [4.78, 5) is 11.9. The third-order valence-corrected chi connectivity index (χ3v) is 2.69. The zero-order valence-corrected chi connectivity index (χ0v) is 11.1. The van der Waals surface area contributed by atoms with Gasteiger partial charge in [-0.25, -0.2) is 4.79 Å². The van der Waals surface area contributed by atoms with Crippen molar-refractivity contribution in [1.82, 2.24) is 0 Å². The maximum Gasteiger partial charge on any atom is 0.340 e. The normalized spacial score (nSPS) is 10.5. The van der Waals surface area contributed by atoms with E-state index in [9.17, 15) is 4.79 Å². The molecule has 0 aliphatic carbocycles. The minimum atomic E-state index is -0.490. The van der Waals surface area contributed by atoms with Crippen molar-refractivity contribution in [3.8, 4) is 5.75 Å². The molecular weight excluding hydrogens is 242 g/mol. The van der Waals surface area contributed by atoms with E-state index in [2.05, 4.69) is 0 Å². The number of anilines is 1. The summed E-state index contributed by atoms with van der Waals surface area (Å²) in [5, 5.41) is 0.423. The predicted molar refractivity (Wildman–Crippen MR) is 67.7 cm³/mol. The topological polar surface area (TPSA) is 61.5 Å². The van der Waals surface area contributed by atoms with Crippen molar-refractivity contribution in [1.29, 1.82) is 0 Å². The lowest BCUT2D eigenvalue weighted by Crippen LogP contribution is -2.15. The summed E-state index contributed by atoms with van der Waals surface area (Å²) >= 11 is 6.01. The lowest BCUT2D eigenvalue weighted by molar-refractivity contribution is 0.0378. The Morgan fingerprint density at radius 1 is 1.47 bits per heavy atom. The molecule has 0 amide bonds. The molecule has 0 saturated carbocycles. The van der Waals surface area contributed by atoms with Gasteiger partial charge in [-0.1, -0.05) is 11.6 Å². The Morgan fingerprint density at radius 2 is 2.06 bits per heavy atom. The van der Waals surface area contributed by atoms with Crippen LogP contribution in [0.2, 0.25) is 5.02 Å². The van der Waals surface area contributed by atoms with Gasteiger partial charge in [-0.2, -0.15) is 0 Å². The molecular formula is C12H16ClNO3. The molecule has 1 aromatic carbocycles. The summed E-state index contributed by atoms with van der Waals surface area (Å²) in [7, 11) is 1.47. The Hall–Kier alpha value is -1.42. The summed E-state index contributed by atoms with van der Waals surface area (Å²) < 4.78 is 10.2. The predicted octanol–water partition coefficient (Wildman–Crippen LogP) is 2.80. The van der Waals surface area contributed by atoms with Gasteiger partial charge >= 0.3 is 5.97 Å². The third kappa shape index (κ3) is 2.82. The fourth-order valence-electron chi connectivity index (χ4n) is 1.45. The molecule has 1 aromatic rings. The van der Waals surface area contributed by atoms with Crippen molar-refractivity contribution >= 4 is 23.3 Å². The highest BCUT2D eigenvalue weighted by Crippen LogP contribution is 2.34. The first-order valence-corrected chi connectivity index (χ1v) is 5.59. The second-order valence-electron chi connectivity index (χ2n) is 3.93. The molecule has 0 fully saturated rings. The maximum atomic E-state index is 11.9. The fourth-order valence-corrected chi connectivity index (χ4v) is 1.64. The molecule has 5 heteroatoms. The monoisotopic (exact) mass is 257 g/mol. The highest BCUT2D eigenvalue weighted by molar-refractivity contribution is 6.32. The number of nitrogens with two attached hydrogens (primary N) is 1. The number of ether oxygens (including phenoxy) is 2. The van der Waals surface area contributed by atoms with Gasteiger partial charge < -0.3 is 15.2 Å². The number of rotatable bonds is 3. The first-order valence-electron chi connectivity index (χ1n) is 5.22. The molecule has 94 valence electrons. The number of methoxy groups -OCH3 is 1. The van der Waals surface area contributed by atoms with Crippen molar-refractivity contribution in [2.24, 2.45) is 0 Å². The summed E-state index contributed by atoms with van der Waals surface area (Å²) in [6.07, 6.45) is -0.216. The van der Waals surface area contributed by atoms with Gasteiger partial charge in [0.1, 0.15) is 5.75 Å². The summed E-state index contributed by atoms with van der Waals surface area (Å²) in [6.45, 7) is 5.26. The van der Waals surface area contributed by atoms with E-state index in [1.807, 2.05) is 0 Å². The Morgan fingerprint density at radius 3 is 2.53 bits per heavy atom. The van der Waals surface area contributed by atoms with Gasteiger partial charge in [0.25, 0.3) is 0 Å². The van der Waals surface area contributed by atoms with E-state index in [1.54, 1.807) is 26.8 Å². The van der Waals surface area contributed by atoms with Crippen molar-refractivity contribution in [3.63, 3.8) is 0 Å². The second kappa shape index (κ2) is 5.27. The number of hydrogen-bond donors (Lipinski definition) is 1. The van der Waals surface area contributed by atoms with Crippen LogP contribution in [0.3, 0.4) is 0 Å². The molecule has 0 radical (unpaired) electrons. The van der Waals surface area contributed by atoms with Gasteiger partial charge in [-0.15, -0.1) is 0 Å². The number of benzene rings is 1. The molecule has 0 saturated heterocycles. The first kappa shape index (κ1) is 13.6. The largest absolute Gasteiger partial charge is 0.495 e. The smallest absolute Gasteiger partial charge is 0.340 e. The number of nitrogen functional groups attached to an aromatic ring is 1. The Bertz CT molecular complexity index is 444. The fraction of sp³-hybridized carbons (Fsp3) is 0.417. The van der Waals surface area contributed by atoms with Crippen LogP contribution in [0.25, 0.3) is 0 Å². The van der Waals surface area contributed by atoms with Gasteiger partial charge in [-0.05, 0) is 26.3 Å². The average molecular weight is 258 g/mol. The van der Waals surface area contributed by atoms with Gasteiger partial charge in [0, 0.05) is 11.1 Å². The van der Waals surface area contributed by atoms with Crippen LogP contribution in [0.1, 0.15) is 29.8 Å². The lowest BCUT2D eigenvalue weighted by atomic mass is 10.1. The van der Waals surface area contributed by atoms with Crippen molar-refractivity contribution in [2.45, 2.75) is 26.9 Å². The number of carbonyl (C=O) groups is 1. The SMILES string of the molecule is COc1cc(Cl)c(C)c(C(=O)OC(C)C)c1N. The van der Waals surface area contributed by atoms with E-state index in [0.29, 0.717) is 16.3 Å². The number of halogens is 1. The van der Waals surface area contributed by atoms with Crippen LogP contribution in [-0.4, -0.2) is 19.2 Å². The third-order valence-electron chi connectivity index (χ3n) is 2.29. The Kier molecular flexibility index (Phi) is 4.23.